The smallest absolute Gasteiger partial charge is 0.305 e. The molecule has 0 aromatic heterocycles. The Balaban J connectivity index is 3.32. The van der Waals surface area contributed by atoms with Crippen molar-refractivity contribution < 1.29 is 24.5 Å². The zero-order valence-corrected chi connectivity index (χ0v) is 49.1. The molecule has 3 N–H and O–H groups in total. The molecule has 2 atom stereocenters. The van der Waals surface area contributed by atoms with Gasteiger partial charge in [0.1, 0.15) is 0 Å². The number of carbonyl (C=O) groups excluding carboxylic acids is 2. The van der Waals surface area contributed by atoms with Crippen molar-refractivity contribution in [3.63, 3.8) is 0 Å². The number of hydrogen-bond donors (Lipinski definition) is 3. The summed E-state index contributed by atoms with van der Waals surface area (Å²) in [6.07, 6.45) is 79.3. The Morgan fingerprint density at radius 3 is 1.05 bits per heavy atom. The minimum absolute atomic E-state index is 0.00627. The lowest BCUT2D eigenvalue weighted by Crippen LogP contribution is -2.45. The summed E-state index contributed by atoms with van der Waals surface area (Å²) in [5, 5.41) is 23.0. The molecule has 6 nitrogen and oxygen atoms in total. The molecular formula is C67H127NO5. The van der Waals surface area contributed by atoms with Crippen molar-refractivity contribution in [1.82, 2.24) is 5.32 Å². The third-order valence-electron chi connectivity index (χ3n) is 15.2. The van der Waals surface area contributed by atoms with Crippen molar-refractivity contribution in [2.24, 2.45) is 0 Å². The fraction of sp³-hybridized carbons (Fsp3) is 0.881. The van der Waals surface area contributed by atoms with Crippen LogP contribution in [0.4, 0.5) is 0 Å². The predicted molar refractivity (Wildman–Crippen MR) is 319 cm³/mol. The van der Waals surface area contributed by atoms with E-state index in [2.05, 4.69) is 43.5 Å². The highest BCUT2D eigenvalue weighted by molar-refractivity contribution is 5.76. The van der Waals surface area contributed by atoms with Gasteiger partial charge >= 0.3 is 5.97 Å². The Morgan fingerprint density at radius 2 is 0.685 bits per heavy atom. The van der Waals surface area contributed by atoms with Gasteiger partial charge in [-0.05, 0) is 64.2 Å². The zero-order chi connectivity index (χ0) is 52.9. The Kier molecular flexibility index (Phi) is 61.0. The van der Waals surface area contributed by atoms with E-state index in [0.717, 1.165) is 51.4 Å². The van der Waals surface area contributed by atoms with Gasteiger partial charge in [0.2, 0.25) is 5.91 Å². The summed E-state index contributed by atoms with van der Waals surface area (Å²) in [6, 6.07) is -0.623. The summed E-state index contributed by atoms with van der Waals surface area (Å²) in [5.41, 5.74) is 0. The molecule has 0 saturated heterocycles. The van der Waals surface area contributed by atoms with Gasteiger partial charge < -0.3 is 20.3 Å². The highest BCUT2D eigenvalue weighted by Crippen LogP contribution is 2.18. The van der Waals surface area contributed by atoms with Gasteiger partial charge in [-0.2, -0.15) is 0 Å². The Hall–Kier alpha value is -1.92. The third-order valence-corrected chi connectivity index (χ3v) is 15.2. The van der Waals surface area contributed by atoms with Crippen molar-refractivity contribution in [2.75, 3.05) is 13.2 Å². The van der Waals surface area contributed by atoms with Gasteiger partial charge in [-0.1, -0.05) is 314 Å². The van der Waals surface area contributed by atoms with E-state index in [1.807, 2.05) is 6.08 Å². The highest BCUT2D eigenvalue weighted by Gasteiger charge is 2.18. The number of ether oxygens (including phenoxy) is 1. The van der Waals surface area contributed by atoms with Crippen LogP contribution in [0, 0.1) is 0 Å². The Labute approximate surface area is 455 Å². The molecule has 0 aromatic carbocycles. The Morgan fingerprint density at radius 1 is 0.384 bits per heavy atom. The maximum Gasteiger partial charge on any atom is 0.305 e. The maximum atomic E-state index is 12.4. The molecule has 0 spiro atoms. The molecule has 6 heteroatoms. The molecule has 0 fully saturated rings. The topological polar surface area (TPSA) is 95.9 Å². The third kappa shape index (κ3) is 59.2. The molecule has 430 valence electrons. The Bertz CT molecular complexity index is 1180. The highest BCUT2D eigenvalue weighted by atomic mass is 16.5. The number of carbonyl (C=O) groups is 2. The van der Waals surface area contributed by atoms with Crippen LogP contribution in [-0.2, 0) is 14.3 Å². The molecule has 0 rings (SSSR count). The summed E-state index contributed by atoms with van der Waals surface area (Å²) >= 11 is 0. The lowest BCUT2D eigenvalue weighted by molar-refractivity contribution is -0.143. The molecule has 0 saturated carbocycles. The number of aliphatic hydroxyl groups excluding tert-OH is 2. The fourth-order valence-electron chi connectivity index (χ4n) is 10.1. The van der Waals surface area contributed by atoms with Crippen molar-refractivity contribution in [3.8, 4) is 0 Å². The first kappa shape index (κ1) is 71.1. The number of rotatable bonds is 61. The molecule has 0 aromatic rings. The molecule has 0 heterocycles. The number of esters is 1. The number of nitrogens with one attached hydrogen (secondary N) is 1. The van der Waals surface area contributed by atoms with Gasteiger partial charge in [-0.15, -0.1) is 0 Å². The quantitative estimate of drug-likeness (QED) is 0.0320. The summed E-state index contributed by atoms with van der Waals surface area (Å²) in [6.45, 7) is 4.88. The van der Waals surface area contributed by atoms with Gasteiger partial charge in [0, 0.05) is 12.8 Å². The van der Waals surface area contributed by atoms with E-state index in [1.165, 1.54) is 276 Å². The van der Waals surface area contributed by atoms with Crippen LogP contribution in [0.2, 0.25) is 0 Å². The monoisotopic (exact) mass is 1030 g/mol. The van der Waals surface area contributed by atoms with Crippen LogP contribution in [0.1, 0.15) is 354 Å². The maximum absolute atomic E-state index is 12.4. The van der Waals surface area contributed by atoms with E-state index in [-0.39, 0.29) is 18.5 Å². The molecule has 0 bridgehead atoms. The lowest BCUT2D eigenvalue weighted by atomic mass is 10.0. The van der Waals surface area contributed by atoms with E-state index in [0.29, 0.717) is 19.4 Å². The number of allylic oxidation sites excluding steroid dienone is 5. The van der Waals surface area contributed by atoms with Gasteiger partial charge in [-0.3, -0.25) is 9.59 Å². The van der Waals surface area contributed by atoms with Gasteiger partial charge in [0.15, 0.2) is 0 Å². The van der Waals surface area contributed by atoms with E-state index < -0.39 is 12.1 Å². The first-order valence-corrected chi connectivity index (χ1v) is 32.8. The second-order valence-electron chi connectivity index (χ2n) is 22.5. The normalized spacial score (nSPS) is 12.8. The van der Waals surface area contributed by atoms with Crippen molar-refractivity contribution in [3.05, 3.63) is 36.5 Å². The van der Waals surface area contributed by atoms with E-state index in [1.54, 1.807) is 6.08 Å². The van der Waals surface area contributed by atoms with Crippen LogP contribution in [0.25, 0.3) is 0 Å². The van der Waals surface area contributed by atoms with Crippen LogP contribution in [-0.4, -0.2) is 47.4 Å². The first-order valence-electron chi connectivity index (χ1n) is 32.8. The molecular weight excluding hydrogens is 899 g/mol. The fourth-order valence-corrected chi connectivity index (χ4v) is 10.1. The molecule has 0 aliphatic carbocycles. The van der Waals surface area contributed by atoms with E-state index in [9.17, 15) is 19.8 Å². The SMILES string of the molecule is CCCCCC/C=C\C/C=C\CCCCCCCC(=O)OCCCCCCCCCCCCCCCCCCCCCCCCCCCCCCCCC(=O)NC(CO)C(O)/C=C/CCCCCCCCCC. The van der Waals surface area contributed by atoms with Crippen LogP contribution in [0.5, 0.6) is 0 Å². The molecule has 0 aliphatic rings. The van der Waals surface area contributed by atoms with Crippen LogP contribution in [0.3, 0.4) is 0 Å². The molecule has 1 amide bonds. The number of amides is 1. The van der Waals surface area contributed by atoms with Crippen molar-refractivity contribution >= 4 is 11.9 Å². The standard InChI is InChI=1S/C67H127NO5/c1-3-5-7-9-11-13-15-16-17-35-38-41-45-49-53-57-61-67(72)73-62-58-54-50-46-42-39-36-33-31-29-27-25-23-21-19-18-20-22-24-26-28-30-32-34-37-40-44-48-52-56-60-66(71)68-64(63-69)65(70)59-55-51-47-43-14-12-10-8-6-4-2/h13,15,17,35,55,59,64-65,69-70H,3-12,14,16,18-34,36-54,56-58,60-63H2,1-2H3,(H,68,71)/b15-13-,35-17-,59-55+. The summed E-state index contributed by atoms with van der Waals surface area (Å²) in [7, 11) is 0. The van der Waals surface area contributed by atoms with Gasteiger partial charge in [0.05, 0.1) is 25.4 Å². The van der Waals surface area contributed by atoms with Gasteiger partial charge in [0.25, 0.3) is 0 Å². The van der Waals surface area contributed by atoms with Crippen molar-refractivity contribution in [2.45, 2.75) is 366 Å². The minimum atomic E-state index is -0.840. The zero-order valence-electron chi connectivity index (χ0n) is 49.1. The summed E-state index contributed by atoms with van der Waals surface area (Å²) in [5.74, 6) is -0.0589. The van der Waals surface area contributed by atoms with Crippen molar-refractivity contribution in [1.29, 1.82) is 0 Å². The second-order valence-corrected chi connectivity index (χ2v) is 22.5. The average Bonchev–Trinajstić information content (AvgIpc) is 3.39. The number of unbranched alkanes of at least 4 members (excludes halogenated alkanes) is 46. The number of hydrogen-bond acceptors (Lipinski definition) is 5. The largest absolute Gasteiger partial charge is 0.466 e. The first-order chi connectivity index (χ1) is 36.0. The van der Waals surface area contributed by atoms with Crippen LogP contribution >= 0.6 is 0 Å². The molecule has 2 unspecified atom stereocenters. The molecule has 0 aliphatic heterocycles. The number of aliphatic hydroxyl groups is 2. The summed E-state index contributed by atoms with van der Waals surface area (Å²) < 4.78 is 5.49. The average molecular weight is 1030 g/mol. The van der Waals surface area contributed by atoms with Crippen LogP contribution in [0.15, 0.2) is 36.5 Å². The lowest BCUT2D eigenvalue weighted by Gasteiger charge is -2.20. The minimum Gasteiger partial charge on any atom is -0.466 e. The molecule has 73 heavy (non-hydrogen) atoms. The van der Waals surface area contributed by atoms with Gasteiger partial charge in [-0.25, -0.2) is 0 Å². The second kappa shape index (κ2) is 62.6. The predicted octanol–water partition coefficient (Wildman–Crippen LogP) is 20.8. The van der Waals surface area contributed by atoms with E-state index in [4.69, 9.17) is 4.74 Å². The van der Waals surface area contributed by atoms with E-state index >= 15 is 0 Å². The molecule has 0 radical (unpaired) electrons. The van der Waals surface area contributed by atoms with Crippen LogP contribution < -0.4 is 5.32 Å². The summed E-state index contributed by atoms with van der Waals surface area (Å²) in [4.78, 5) is 24.5.